The first kappa shape index (κ1) is 14.5. The van der Waals surface area contributed by atoms with E-state index in [1.54, 1.807) is 17.0 Å². The number of aliphatic hydroxyl groups is 1. The van der Waals surface area contributed by atoms with Gasteiger partial charge in [0.25, 0.3) is 5.91 Å². The maximum Gasteiger partial charge on any atom is 0.319 e. The molecule has 1 aromatic carbocycles. The molecular formula is C15H16FN3O3. The van der Waals surface area contributed by atoms with Gasteiger partial charge >= 0.3 is 6.03 Å². The zero-order valence-electron chi connectivity index (χ0n) is 11.8. The zero-order chi connectivity index (χ0) is 15.7. The summed E-state index contributed by atoms with van der Waals surface area (Å²) >= 11 is 0. The van der Waals surface area contributed by atoms with Crippen molar-refractivity contribution in [2.24, 2.45) is 0 Å². The van der Waals surface area contributed by atoms with Crippen molar-refractivity contribution in [3.63, 3.8) is 0 Å². The fraction of sp³-hybridized carbons (Fsp3) is 0.333. The highest BCUT2D eigenvalue weighted by Crippen LogP contribution is 2.32. The molecule has 0 radical (unpaired) electrons. The van der Waals surface area contributed by atoms with Crippen LogP contribution in [0.2, 0.25) is 0 Å². The highest BCUT2D eigenvalue weighted by atomic mass is 19.1. The van der Waals surface area contributed by atoms with Crippen LogP contribution in [0.4, 0.5) is 9.18 Å². The first-order valence-electron chi connectivity index (χ1n) is 7.06. The Morgan fingerprint density at radius 3 is 2.91 bits per heavy atom. The van der Waals surface area contributed by atoms with Crippen molar-refractivity contribution in [3.05, 3.63) is 46.9 Å². The largest absolute Gasteiger partial charge is 0.396 e. The van der Waals surface area contributed by atoms with Gasteiger partial charge in [-0.05, 0) is 24.1 Å². The number of carbonyl (C=O) groups is 2. The Kier molecular flexibility index (Phi) is 3.81. The highest BCUT2D eigenvalue weighted by molar-refractivity contribution is 6.01. The molecule has 0 spiro atoms. The molecule has 7 heteroatoms. The number of rotatable bonds is 4. The Balaban J connectivity index is 1.92. The molecule has 0 fully saturated rings. The number of amides is 3. The maximum absolute atomic E-state index is 13.4. The number of hydrogen-bond acceptors (Lipinski definition) is 3. The normalized spacial score (nSPS) is 20.8. The van der Waals surface area contributed by atoms with Gasteiger partial charge in [-0.3, -0.25) is 4.79 Å². The van der Waals surface area contributed by atoms with Crippen molar-refractivity contribution < 1.29 is 19.1 Å². The summed E-state index contributed by atoms with van der Waals surface area (Å²) in [5, 5.41) is 14.2. The third kappa shape index (κ3) is 2.55. The number of nitrogens with zero attached hydrogens (tertiary/aromatic N) is 1. The topological polar surface area (TPSA) is 81.7 Å². The zero-order valence-corrected chi connectivity index (χ0v) is 11.8. The van der Waals surface area contributed by atoms with Gasteiger partial charge in [-0.1, -0.05) is 12.1 Å². The van der Waals surface area contributed by atoms with Crippen LogP contribution >= 0.6 is 0 Å². The van der Waals surface area contributed by atoms with Crippen LogP contribution in [-0.2, 0) is 4.79 Å². The van der Waals surface area contributed by atoms with Crippen LogP contribution < -0.4 is 10.6 Å². The number of benzene rings is 1. The molecule has 3 amide bonds. The molecule has 0 aliphatic carbocycles. The maximum atomic E-state index is 13.4. The van der Waals surface area contributed by atoms with Gasteiger partial charge in [-0.2, -0.15) is 0 Å². The number of hydrogen-bond donors (Lipinski definition) is 3. The van der Waals surface area contributed by atoms with E-state index in [1.165, 1.54) is 12.1 Å². The molecule has 22 heavy (non-hydrogen) atoms. The third-order valence-electron chi connectivity index (χ3n) is 3.79. The van der Waals surface area contributed by atoms with Crippen LogP contribution in [0.15, 0.2) is 35.5 Å². The summed E-state index contributed by atoms with van der Waals surface area (Å²) in [6.45, 7) is 0.702. The Morgan fingerprint density at radius 1 is 1.36 bits per heavy atom. The van der Waals surface area contributed by atoms with Gasteiger partial charge in [0.05, 0.1) is 23.9 Å². The van der Waals surface area contributed by atoms with Crippen molar-refractivity contribution in [2.75, 3.05) is 19.7 Å². The molecule has 1 aromatic rings. The molecule has 0 saturated carbocycles. The van der Waals surface area contributed by atoms with Crippen LogP contribution in [0.3, 0.4) is 0 Å². The van der Waals surface area contributed by atoms with Crippen molar-refractivity contribution in [1.29, 1.82) is 0 Å². The average Bonchev–Trinajstić information content (AvgIpc) is 2.80. The van der Waals surface area contributed by atoms with Gasteiger partial charge < -0.3 is 20.6 Å². The minimum Gasteiger partial charge on any atom is -0.396 e. The number of aliphatic hydroxyl groups excluding tert-OH is 1. The SMILES string of the molecule is O=C1NC2=C(C(=O)N(CCCO)C2)[C@@H](c2cccc(F)c2)N1. The lowest BCUT2D eigenvalue weighted by molar-refractivity contribution is -0.125. The summed E-state index contributed by atoms with van der Waals surface area (Å²) in [6.07, 6.45) is 0.471. The predicted octanol–water partition coefficient (Wildman–Crippen LogP) is 0.658. The Hall–Kier alpha value is -2.41. The van der Waals surface area contributed by atoms with Crippen molar-refractivity contribution in [1.82, 2.24) is 15.5 Å². The second-order valence-corrected chi connectivity index (χ2v) is 5.28. The van der Waals surface area contributed by atoms with Gasteiger partial charge in [0.2, 0.25) is 0 Å². The molecule has 0 bridgehead atoms. The fourth-order valence-corrected chi connectivity index (χ4v) is 2.81. The molecule has 3 rings (SSSR count). The number of carbonyl (C=O) groups excluding carboxylic acids is 2. The fourth-order valence-electron chi connectivity index (χ4n) is 2.81. The van der Waals surface area contributed by atoms with E-state index < -0.39 is 17.9 Å². The van der Waals surface area contributed by atoms with Crippen LogP contribution in [0.25, 0.3) is 0 Å². The van der Waals surface area contributed by atoms with Gasteiger partial charge in [0.1, 0.15) is 5.82 Å². The highest BCUT2D eigenvalue weighted by Gasteiger charge is 2.40. The van der Waals surface area contributed by atoms with E-state index in [0.717, 1.165) is 0 Å². The first-order chi connectivity index (χ1) is 10.6. The van der Waals surface area contributed by atoms with Gasteiger partial charge in [-0.15, -0.1) is 0 Å². The van der Waals surface area contributed by atoms with E-state index in [0.29, 0.717) is 36.3 Å². The molecule has 0 saturated heterocycles. The standard InChI is InChI=1S/C15H16FN3O3/c16-10-4-1-3-9(7-10)13-12-11(17-15(22)18-13)8-19(14(12)21)5-2-6-20/h1,3-4,7,13,20H,2,5-6,8H2,(H2,17,18,22)/t13-/m1/s1. The summed E-state index contributed by atoms with van der Waals surface area (Å²) < 4.78 is 13.4. The van der Waals surface area contributed by atoms with Gasteiger partial charge in [-0.25, -0.2) is 9.18 Å². The van der Waals surface area contributed by atoms with Crippen LogP contribution in [0.5, 0.6) is 0 Å². The molecule has 0 aromatic heterocycles. The summed E-state index contributed by atoms with van der Waals surface area (Å²) in [5.74, 6) is -0.625. The number of urea groups is 1. The Labute approximate surface area is 126 Å². The van der Waals surface area contributed by atoms with Crippen molar-refractivity contribution >= 4 is 11.9 Å². The average molecular weight is 305 g/mol. The molecule has 6 nitrogen and oxygen atoms in total. The molecular weight excluding hydrogens is 289 g/mol. The monoisotopic (exact) mass is 305 g/mol. The van der Waals surface area contributed by atoms with E-state index in [1.807, 2.05) is 0 Å². The summed E-state index contributed by atoms with van der Waals surface area (Å²) in [6, 6.07) is 4.77. The van der Waals surface area contributed by atoms with E-state index in [4.69, 9.17) is 5.11 Å². The van der Waals surface area contributed by atoms with Crippen molar-refractivity contribution in [3.8, 4) is 0 Å². The molecule has 2 aliphatic heterocycles. The first-order valence-corrected chi connectivity index (χ1v) is 7.06. The Morgan fingerprint density at radius 2 is 2.18 bits per heavy atom. The third-order valence-corrected chi connectivity index (χ3v) is 3.79. The van der Waals surface area contributed by atoms with E-state index in [2.05, 4.69) is 10.6 Å². The quantitative estimate of drug-likeness (QED) is 0.764. The second-order valence-electron chi connectivity index (χ2n) is 5.28. The summed E-state index contributed by atoms with van der Waals surface area (Å²) in [7, 11) is 0. The molecule has 3 N–H and O–H groups in total. The molecule has 1 atom stereocenters. The van der Waals surface area contributed by atoms with Crippen molar-refractivity contribution in [2.45, 2.75) is 12.5 Å². The minimum absolute atomic E-state index is 0.00756. The second kappa shape index (κ2) is 5.76. The van der Waals surface area contributed by atoms with Crippen LogP contribution in [0.1, 0.15) is 18.0 Å². The van der Waals surface area contributed by atoms with Gasteiger partial charge in [0, 0.05) is 13.2 Å². The summed E-state index contributed by atoms with van der Waals surface area (Å²) in [5.41, 5.74) is 1.50. The smallest absolute Gasteiger partial charge is 0.319 e. The molecule has 2 heterocycles. The number of halogens is 1. The van der Waals surface area contributed by atoms with E-state index in [-0.39, 0.29) is 12.5 Å². The van der Waals surface area contributed by atoms with E-state index in [9.17, 15) is 14.0 Å². The Bertz CT molecular complexity index is 659. The lowest BCUT2D eigenvalue weighted by Gasteiger charge is -2.25. The molecule has 2 aliphatic rings. The molecule has 116 valence electrons. The lowest BCUT2D eigenvalue weighted by Crippen LogP contribution is -2.44. The predicted molar refractivity (Wildman–Crippen MR) is 76.1 cm³/mol. The van der Waals surface area contributed by atoms with Gasteiger partial charge in [0.15, 0.2) is 0 Å². The van der Waals surface area contributed by atoms with Crippen LogP contribution in [-0.4, -0.2) is 41.6 Å². The number of nitrogens with one attached hydrogen (secondary N) is 2. The minimum atomic E-state index is -0.661. The molecule has 0 unspecified atom stereocenters. The van der Waals surface area contributed by atoms with E-state index >= 15 is 0 Å². The summed E-state index contributed by atoms with van der Waals surface area (Å²) in [4.78, 5) is 25.9. The van der Waals surface area contributed by atoms with Crippen LogP contribution in [0, 0.1) is 5.82 Å². The lowest BCUT2D eigenvalue weighted by atomic mass is 9.96.